The molecule has 1 aromatic heterocycles. The summed E-state index contributed by atoms with van der Waals surface area (Å²) in [6.45, 7) is 1.71. The number of carbonyl (C=O) groups is 2. The van der Waals surface area contributed by atoms with Crippen molar-refractivity contribution in [1.82, 2.24) is 9.97 Å². The van der Waals surface area contributed by atoms with E-state index < -0.39 is 65.8 Å². The molecule has 0 aliphatic carbocycles. The average Bonchev–Trinajstić information content (AvgIpc) is 3.04. The van der Waals surface area contributed by atoms with Crippen LogP contribution in [0.25, 0.3) is 0 Å². The lowest BCUT2D eigenvalue weighted by Crippen LogP contribution is -2.46. The number of anilines is 3. The number of nitrogens with zero attached hydrogens (tertiary/aromatic N) is 4. The fourth-order valence-electron chi connectivity index (χ4n) is 5.90. The minimum Gasteiger partial charge on any atom is -0.481 e. The first-order valence-electron chi connectivity index (χ1n) is 16.2. The van der Waals surface area contributed by atoms with Crippen molar-refractivity contribution in [1.29, 1.82) is 0 Å². The number of aliphatic carboxylic acids is 1. The molecule has 0 spiro atoms. The van der Waals surface area contributed by atoms with Gasteiger partial charge in [-0.3, -0.25) is 9.69 Å². The molecule has 0 radical (unpaired) electrons. The Hall–Kier alpha value is -4.77. The molecule has 52 heavy (non-hydrogen) atoms. The van der Waals surface area contributed by atoms with Crippen molar-refractivity contribution in [3.05, 3.63) is 76.1 Å². The summed E-state index contributed by atoms with van der Waals surface area (Å²) in [6.07, 6.45) is -13.3. The molecule has 0 saturated heterocycles. The maximum Gasteiger partial charge on any atom is 0.416 e. The number of halogens is 9. The number of alkyl halides is 9. The van der Waals surface area contributed by atoms with E-state index in [1.165, 1.54) is 16.0 Å². The van der Waals surface area contributed by atoms with Crippen LogP contribution in [0.15, 0.2) is 42.6 Å². The molecule has 2 N–H and O–H groups in total. The van der Waals surface area contributed by atoms with Crippen molar-refractivity contribution in [2.75, 3.05) is 35.8 Å². The Labute approximate surface area is 292 Å². The standard InChI is InChI=1S/C34H36F9N5O4/c1-4-23-17-25(24-16-20(32(35,36)37)9-10-27(24)48(23)31(51)52-11-7-5-6-8-29(49)50)45-30-44-18-28(47(2)3)26(46-30)14-19-12-21(33(38,39)40)15-22(13-19)34(41,42)43/h9-10,12-13,15-16,18,23,25H,4-8,11,14,17H2,1-3H3,(H,49,50)(H,44,45,46)/t23-,25+/m1/s1. The fraction of sp³-hybridized carbons (Fsp3) is 0.471. The lowest BCUT2D eigenvalue weighted by molar-refractivity contribution is -0.143. The third-order valence-electron chi connectivity index (χ3n) is 8.44. The van der Waals surface area contributed by atoms with Crippen molar-refractivity contribution in [2.24, 2.45) is 0 Å². The molecule has 1 aliphatic rings. The number of rotatable bonds is 12. The molecule has 18 heteroatoms. The molecular formula is C34H36F9N5O4. The van der Waals surface area contributed by atoms with Gasteiger partial charge in [-0.1, -0.05) is 6.92 Å². The van der Waals surface area contributed by atoms with Crippen LogP contribution in [0, 0.1) is 0 Å². The van der Waals surface area contributed by atoms with Crippen LogP contribution < -0.4 is 15.1 Å². The number of amides is 1. The normalized spacial score (nSPS) is 16.3. The summed E-state index contributed by atoms with van der Waals surface area (Å²) in [5.74, 6) is -1.12. The Kier molecular flexibility index (Phi) is 12.2. The maximum absolute atomic E-state index is 13.9. The average molecular weight is 750 g/mol. The number of hydrogen-bond donors (Lipinski definition) is 2. The van der Waals surface area contributed by atoms with E-state index in [1.807, 2.05) is 0 Å². The van der Waals surface area contributed by atoms with Crippen molar-refractivity contribution in [3.63, 3.8) is 0 Å². The quantitative estimate of drug-likeness (QED) is 0.140. The highest BCUT2D eigenvalue weighted by Gasteiger charge is 2.40. The third kappa shape index (κ3) is 9.97. The highest BCUT2D eigenvalue weighted by molar-refractivity contribution is 5.90. The van der Waals surface area contributed by atoms with Gasteiger partial charge in [0.25, 0.3) is 0 Å². The minimum absolute atomic E-state index is 0.0186. The van der Waals surface area contributed by atoms with Crippen LogP contribution in [0.2, 0.25) is 0 Å². The molecule has 4 rings (SSSR count). The number of carbonyl (C=O) groups excluding carboxylic acids is 1. The molecule has 1 aliphatic heterocycles. The van der Waals surface area contributed by atoms with Crippen molar-refractivity contribution in [2.45, 2.75) is 82.5 Å². The number of aromatic nitrogens is 2. The van der Waals surface area contributed by atoms with Crippen LogP contribution in [-0.2, 0) is 34.5 Å². The molecule has 284 valence electrons. The van der Waals surface area contributed by atoms with E-state index in [9.17, 15) is 49.1 Å². The van der Waals surface area contributed by atoms with Gasteiger partial charge in [0.1, 0.15) is 0 Å². The molecule has 3 aromatic rings. The SMILES string of the molecule is CC[C@@H]1C[C@H](Nc2ncc(N(C)C)c(Cc3cc(C(F)(F)F)cc(C(F)(F)F)c3)n2)c2cc(C(F)(F)F)ccc2N1C(=O)OCCCCCC(=O)O. The number of fused-ring (bicyclic) bond motifs is 1. The predicted octanol–water partition coefficient (Wildman–Crippen LogP) is 9.11. The number of nitrogens with one attached hydrogen (secondary N) is 1. The van der Waals surface area contributed by atoms with Gasteiger partial charge in [-0.25, -0.2) is 14.8 Å². The number of benzene rings is 2. The molecule has 0 bridgehead atoms. The van der Waals surface area contributed by atoms with E-state index in [0.717, 1.165) is 18.2 Å². The highest BCUT2D eigenvalue weighted by Crippen LogP contribution is 2.43. The molecule has 2 atom stereocenters. The van der Waals surface area contributed by atoms with Gasteiger partial charge in [0.15, 0.2) is 0 Å². The van der Waals surface area contributed by atoms with Gasteiger partial charge >= 0.3 is 30.6 Å². The van der Waals surface area contributed by atoms with Gasteiger partial charge in [0.05, 0.1) is 52.6 Å². The second-order valence-electron chi connectivity index (χ2n) is 12.5. The lowest BCUT2D eigenvalue weighted by Gasteiger charge is -2.40. The van der Waals surface area contributed by atoms with Gasteiger partial charge in [-0.15, -0.1) is 0 Å². The van der Waals surface area contributed by atoms with E-state index in [1.54, 1.807) is 21.0 Å². The number of hydrogen-bond acceptors (Lipinski definition) is 7. The summed E-state index contributed by atoms with van der Waals surface area (Å²) in [5, 5.41) is 11.8. The highest BCUT2D eigenvalue weighted by atomic mass is 19.4. The van der Waals surface area contributed by atoms with Gasteiger partial charge in [0.2, 0.25) is 5.95 Å². The maximum atomic E-state index is 13.9. The van der Waals surface area contributed by atoms with Gasteiger partial charge in [0, 0.05) is 33.0 Å². The van der Waals surface area contributed by atoms with Crippen molar-refractivity contribution >= 4 is 29.4 Å². The monoisotopic (exact) mass is 749 g/mol. The zero-order valence-electron chi connectivity index (χ0n) is 28.2. The van der Waals surface area contributed by atoms with Crippen LogP contribution in [0.1, 0.15) is 85.0 Å². The van der Waals surface area contributed by atoms with E-state index >= 15 is 0 Å². The summed E-state index contributed by atoms with van der Waals surface area (Å²) >= 11 is 0. The van der Waals surface area contributed by atoms with Crippen molar-refractivity contribution in [3.8, 4) is 0 Å². The van der Waals surface area contributed by atoms with E-state index in [-0.39, 0.29) is 59.7 Å². The second kappa shape index (κ2) is 15.9. The summed E-state index contributed by atoms with van der Waals surface area (Å²) < 4.78 is 128. The van der Waals surface area contributed by atoms with Crippen LogP contribution in [0.3, 0.4) is 0 Å². The van der Waals surface area contributed by atoms with Gasteiger partial charge < -0.3 is 20.1 Å². The smallest absolute Gasteiger partial charge is 0.416 e. The Morgan fingerprint density at radius 2 is 1.56 bits per heavy atom. The number of carboxylic acids is 1. The zero-order valence-corrected chi connectivity index (χ0v) is 28.2. The van der Waals surface area contributed by atoms with Gasteiger partial charge in [-0.2, -0.15) is 39.5 Å². The minimum atomic E-state index is -5.07. The van der Waals surface area contributed by atoms with Crippen molar-refractivity contribution < 1.29 is 58.9 Å². The van der Waals surface area contributed by atoms with Crippen LogP contribution >= 0.6 is 0 Å². The first-order valence-corrected chi connectivity index (χ1v) is 16.2. The van der Waals surface area contributed by atoms with E-state index in [4.69, 9.17) is 9.84 Å². The van der Waals surface area contributed by atoms with Crippen LogP contribution in [0.5, 0.6) is 0 Å². The topological polar surface area (TPSA) is 108 Å². The van der Waals surface area contributed by atoms with E-state index in [2.05, 4.69) is 15.3 Å². The predicted molar refractivity (Wildman–Crippen MR) is 172 cm³/mol. The Morgan fingerprint density at radius 1 is 0.923 bits per heavy atom. The largest absolute Gasteiger partial charge is 0.481 e. The molecule has 2 aromatic carbocycles. The number of carboxylic acid groups (broad SMARTS) is 1. The second-order valence-corrected chi connectivity index (χ2v) is 12.5. The Bertz CT molecular complexity index is 1710. The summed E-state index contributed by atoms with van der Waals surface area (Å²) in [6, 6.07) is 2.54. The number of unbranched alkanes of at least 4 members (excludes halogenated alkanes) is 2. The molecule has 1 amide bonds. The molecule has 0 saturated carbocycles. The van der Waals surface area contributed by atoms with Crippen LogP contribution in [-0.4, -0.2) is 53.9 Å². The zero-order chi connectivity index (χ0) is 38.6. The first kappa shape index (κ1) is 40.0. The molecule has 0 fully saturated rings. The Balaban J connectivity index is 1.69. The lowest BCUT2D eigenvalue weighted by atomic mass is 9.89. The summed E-state index contributed by atoms with van der Waals surface area (Å²) in [4.78, 5) is 35.5. The van der Waals surface area contributed by atoms with E-state index in [0.29, 0.717) is 37.8 Å². The molecule has 0 unspecified atom stereocenters. The molecule has 2 heterocycles. The molecule has 9 nitrogen and oxygen atoms in total. The summed E-state index contributed by atoms with van der Waals surface area (Å²) in [5.41, 5.74) is -3.87. The Morgan fingerprint density at radius 3 is 2.12 bits per heavy atom. The third-order valence-corrected chi connectivity index (χ3v) is 8.44. The fourth-order valence-corrected chi connectivity index (χ4v) is 5.90. The van der Waals surface area contributed by atoms with Crippen LogP contribution in [0.4, 0.5) is 61.6 Å². The summed E-state index contributed by atoms with van der Waals surface area (Å²) in [7, 11) is 3.13. The molecular weight excluding hydrogens is 713 g/mol. The number of ether oxygens (including phenoxy) is 1. The first-order chi connectivity index (χ1) is 24.2. The van der Waals surface area contributed by atoms with Gasteiger partial charge in [-0.05, 0) is 79.6 Å².